The number of esters is 1. The maximum Gasteiger partial charge on any atom is 0.334 e. The lowest BCUT2D eigenvalue weighted by Gasteiger charge is -2.06. The second kappa shape index (κ2) is 7.74. The van der Waals surface area contributed by atoms with Crippen molar-refractivity contribution in [3.63, 3.8) is 0 Å². The Morgan fingerprint density at radius 1 is 1.21 bits per heavy atom. The fourth-order valence-electron chi connectivity index (χ4n) is 1.53. The van der Waals surface area contributed by atoms with Crippen LogP contribution in [0.15, 0.2) is 29.8 Å². The lowest BCUT2D eigenvalue weighted by atomic mass is 10.0. The summed E-state index contributed by atoms with van der Waals surface area (Å²) in [7, 11) is 0. The zero-order chi connectivity index (χ0) is 14.3. The highest BCUT2D eigenvalue weighted by Crippen LogP contribution is 2.16. The molecular weight excluding hydrogens is 264 g/mol. The molecule has 0 unspecified atom stereocenters. The van der Waals surface area contributed by atoms with Gasteiger partial charge in [0.05, 0.1) is 6.61 Å². The summed E-state index contributed by atoms with van der Waals surface area (Å²) in [6.45, 7) is 3.57. The number of halogens is 1. The molecule has 3 nitrogen and oxygen atoms in total. The van der Waals surface area contributed by atoms with Crippen molar-refractivity contribution in [2.45, 2.75) is 26.7 Å². The van der Waals surface area contributed by atoms with Gasteiger partial charge in [0.15, 0.2) is 0 Å². The lowest BCUT2D eigenvalue weighted by molar-refractivity contribution is -0.138. The summed E-state index contributed by atoms with van der Waals surface area (Å²) < 4.78 is 4.99. The molecule has 0 heterocycles. The van der Waals surface area contributed by atoms with Crippen molar-refractivity contribution in [2.75, 3.05) is 6.61 Å². The van der Waals surface area contributed by atoms with Crippen molar-refractivity contribution in [1.82, 2.24) is 0 Å². The van der Waals surface area contributed by atoms with E-state index in [0.29, 0.717) is 30.0 Å². The maximum atomic E-state index is 11.8. The SMILES string of the molecule is CCOC(=O)/C(=C/c1ccc(Cl)cc1)CCC(C)=O. The van der Waals surface area contributed by atoms with E-state index < -0.39 is 0 Å². The number of carbonyl (C=O) groups is 2. The number of ether oxygens (including phenoxy) is 1. The molecule has 0 aliphatic carbocycles. The number of Topliss-reactive ketones (excluding diaryl/α,β-unsaturated/α-hetero) is 1. The van der Waals surface area contributed by atoms with Crippen LogP contribution >= 0.6 is 11.6 Å². The first-order valence-corrected chi connectivity index (χ1v) is 6.53. The minimum absolute atomic E-state index is 0.0475. The number of hydrogen-bond acceptors (Lipinski definition) is 3. The van der Waals surface area contributed by atoms with Crippen LogP contribution in [0.4, 0.5) is 0 Å². The molecule has 0 amide bonds. The second-order valence-corrected chi connectivity index (χ2v) is 4.58. The number of carbonyl (C=O) groups excluding carboxylic acids is 2. The Morgan fingerprint density at radius 3 is 2.37 bits per heavy atom. The van der Waals surface area contributed by atoms with Gasteiger partial charge in [0, 0.05) is 17.0 Å². The van der Waals surface area contributed by atoms with E-state index >= 15 is 0 Å². The van der Waals surface area contributed by atoms with Crippen LogP contribution < -0.4 is 0 Å². The van der Waals surface area contributed by atoms with E-state index in [0.717, 1.165) is 5.56 Å². The molecule has 0 saturated heterocycles. The molecule has 0 spiro atoms. The Bertz CT molecular complexity index is 475. The van der Waals surface area contributed by atoms with Crippen molar-refractivity contribution in [3.05, 3.63) is 40.4 Å². The van der Waals surface area contributed by atoms with Crippen molar-refractivity contribution in [1.29, 1.82) is 0 Å². The summed E-state index contributed by atoms with van der Waals surface area (Å²) in [5.41, 5.74) is 1.36. The van der Waals surface area contributed by atoms with Crippen molar-refractivity contribution < 1.29 is 14.3 Å². The fraction of sp³-hybridized carbons (Fsp3) is 0.333. The molecule has 1 aromatic rings. The summed E-state index contributed by atoms with van der Waals surface area (Å²) >= 11 is 5.81. The Morgan fingerprint density at radius 2 is 1.84 bits per heavy atom. The van der Waals surface area contributed by atoms with E-state index in [-0.39, 0.29) is 11.8 Å². The van der Waals surface area contributed by atoms with Gasteiger partial charge < -0.3 is 9.53 Å². The summed E-state index contributed by atoms with van der Waals surface area (Å²) in [4.78, 5) is 22.8. The molecule has 102 valence electrons. The van der Waals surface area contributed by atoms with Crippen LogP contribution in [-0.4, -0.2) is 18.4 Å². The minimum Gasteiger partial charge on any atom is -0.463 e. The van der Waals surface area contributed by atoms with Gasteiger partial charge in [0.2, 0.25) is 0 Å². The number of rotatable bonds is 6. The third-order valence-electron chi connectivity index (χ3n) is 2.49. The third kappa shape index (κ3) is 5.71. The van der Waals surface area contributed by atoms with Gasteiger partial charge in [-0.1, -0.05) is 23.7 Å². The van der Waals surface area contributed by atoms with E-state index in [1.54, 1.807) is 25.1 Å². The average molecular weight is 281 g/mol. The molecule has 4 heteroatoms. The number of ketones is 1. The van der Waals surface area contributed by atoms with E-state index in [9.17, 15) is 9.59 Å². The van der Waals surface area contributed by atoms with Gasteiger partial charge in [-0.25, -0.2) is 4.79 Å². The first-order valence-electron chi connectivity index (χ1n) is 6.15. The highest BCUT2D eigenvalue weighted by atomic mass is 35.5. The smallest absolute Gasteiger partial charge is 0.334 e. The summed E-state index contributed by atoms with van der Waals surface area (Å²) in [6.07, 6.45) is 2.45. The molecule has 0 radical (unpaired) electrons. The van der Waals surface area contributed by atoms with Gasteiger partial charge >= 0.3 is 5.97 Å². The predicted octanol–water partition coefficient (Wildman–Crippen LogP) is 3.66. The molecule has 0 N–H and O–H groups in total. The molecule has 0 fully saturated rings. The standard InChI is InChI=1S/C15H17ClO3/c1-3-19-15(18)13(7-4-11(2)17)10-12-5-8-14(16)9-6-12/h5-6,8-10H,3-4,7H2,1-2H3/b13-10+. The van der Waals surface area contributed by atoms with Gasteiger partial charge in [0.1, 0.15) is 5.78 Å². The Kier molecular flexibility index (Phi) is 6.30. The van der Waals surface area contributed by atoms with Crippen LogP contribution in [0.5, 0.6) is 0 Å². The molecule has 0 saturated carbocycles. The van der Waals surface area contributed by atoms with Crippen molar-refractivity contribution in [2.24, 2.45) is 0 Å². The molecule has 0 aliphatic heterocycles. The summed E-state index contributed by atoms with van der Waals surface area (Å²) in [5.74, 6) is -0.329. The molecular formula is C15H17ClO3. The van der Waals surface area contributed by atoms with Crippen LogP contribution in [0.3, 0.4) is 0 Å². The van der Waals surface area contributed by atoms with Gasteiger partial charge in [0.25, 0.3) is 0 Å². The molecule has 0 atom stereocenters. The zero-order valence-electron chi connectivity index (χ0n) is 11.1. The summed E-state index contributed by atoms with van der Waals surface area (Å²) in [6, 6.07) is 7.13. The van der Waals surface area contributed by atoms with Crippen LogP contribution in [-0.2, 0) is 14.3 Å². The Hall–Kier alpha value is -1.61. The number of hydrogen-bond donors (Lipinski definition) is 0. The van der Waals surface area contributed by atoms with Crippen molar-refractivity contribution >= 4 is 29.4 Å². The van der Waals surface area contributed by atoms with E-state index in [1.807, 2.05) is 12.1 Å². The summed E-state index contributed by atoms with van der Waals surface area (Å²) in [5, 5.41) is 0.638. The largest absolute Gasteiger partial charge is 0.463 e. The molecule has 0 bridgehead atoms. The number of benzene rings is 1. The fourth-order valence-corrected chi connectivity index (χ4v) is 1.65. The highest BCUT2D eigenvalue weighted by molar-refractivity contribution is 6.30. The zero-order valence-corrected chi connectivity index (χ0v) is 11.9. The van der Waals surface area contributed by atoms with Gasteiger partial charge in [-0.3, -0.25) is 0 Å². The molecule has 1 aromatic carbocycles. The maximum absolute atomic E-state index is 11.8. The first kappa shape index (κ1) is 15.4. The normalized spacial score (nSPS) is 11.2. The lowest BCUT2D eigenvalue weighted by Crippen LogP contribution is -2.08. The van der Waals surface area contributed by atoms with Crippen LogP contribution in [0.1, 0.15) is 32.3 Å². The van der Waals surface area contributed by atoms with Gasteiger partial charge in [-0.15, -0.1) is 0 Å². The highest BCUT2D eigenvalue weighted by Gasteiger charge is 2.11. The van der Waals surface area contributed by atoms with Gasteiger partial charge in [-0.2, -0.15) is 0 Å². The Labute approximate surface area is 118 Å². The Balaban J connectivity index is 2.90. The molecule has 1 rings (SSSR count). The van der Waals surface area contributed by atoms with Crippen LogP contribution in [0.25, 0.3) is 6.08 Å². The average Bonchev–Trinajstić information content (AvgIpc) is 2.36. The molecule has 0 aromatic heterocycles. The van der Waals surface area contributed by atoms with Crippen molar-refractivity contribution in [3.8, 4) is 0 Å². The van der Waals surface area contributed by atoms with Crippen LogP contribution in [0.2, 0.25) is 5.02 Å². The third-order valence-corrected chi connectivity index (χ3v) is 2.75. The predicted molar refractivity (Wildman–Crippen MR) is 76.0 cm³/mol. The molecule has 0 aliphatic rings. The van der Waals surface area contributed by atoms with E-state index in [1.165, 1.54) is 6.92 Å². The topological polar surface area (TPSA) is 43.4 Å². The minimum atomic E-state index is -0.376. The second-order valence-electron chi connectivity index (χ2n) is 4.14. The molecule has 19 heavy (non-hydrogen) atoms. The van der Waals surface area contributed by atoms with E-state index in [4.69, 9.17) is 16.3 Å². The van der Waals surface area contributed by atoms with Gasteiger partial charge in [-0.05, 0) is 44.0 Å². The quantitative estimate of drug-likeness (QED) is 0.590. The van der Waals surface area contributed by atoms with E-state index in [2.05, 4.69) is 0 Å². The van der Waals surface area contributed by atoms with Crippen LogP contribution in [0, 0.1) is 0 Å². The monoisotopic (exact) mass is 280 g/mol. The first-order chi connectivity index (χ1) is 9.02.